The van der Waals surface area contributed by atoms with Gasteiger partial charge in [-0.25, -0.2) is 4.98 Å². The topological polar surface area (TPSA) is 24.9 Å². The van der Waals surface area contributed by atoms with E-state index in [0.717, 1.165) is 30.4 Å². The predicted octanol–water partition coefficient (Wildman–Crippen LogP) is 3.99. The van der Waals surface area contributed by atoms with Gasteiger partial charge in [0.05, 0.1) is 5.69 Å². The van der Waals surface area contributed by atoms with E-state index in [-0.39, 0.29) is 0 Å². The van der Waals surface area contributed by atoms with E-state index in [9.17, 15) is 0 Å². The zero-order valence-electron chi connectivity index (χ0n) is 11.7. The van der Waals surface area contributed by atoms with Crippen LogP contribution in [0.2, 0.25) is 0 Å². The van der Waals surface area contributed by atoms with Crippen LogP contribution in [0.15, 0.2) is 35.7 Å². The second-order valence-corrected chi connectivity index (χ2v) is 6.05. The van der Waals surface area contributed by atoms with Gasteiger partial charge in [-0.1, -0.05) is 44.2 Å². The molecule has 0 fully saturated rings. The quantitative estimate of drug-likeness (QED) is 0.772. The molecule has 2 rings (SSSR count). The number of hydrogen-bond acceptors (Lipinski definition) is 3. The van der Waals surface area contributed by atoms with Crippen molar-refractivity contribution in [1.29, 1.82) is 0 Å². The molecule has 0 aliphatic carbocycles. The van der Waals surface area contributed by atoms with Crippen LogP contribution in [0.3, 0.4) is 0 Å². The van der Waals surface area contributed by atoms with Gasteiger partial charge in [0.2, 0.25) is 0 Å². The van der Waals surface area contributed by atoms with Crippen LogP contribution in [0.1, 0.15) is 26.0 Å². The van der Waals surface area contributed by atoms with E-state index in [0.29, 0.717) is 0 Å². The lowest BCUT2D eigenvalue weighted by atomic mass is 10.1. The van der Waals surface area contributed by atoms with Crippen LogP contribution in [0, 0.1) is 5.92 Å². The lowest BCUT2D eigenvalue weighted by molar-refractivity contribution is 0.538. The minimum absolute atomic E-state index is 0.774. The van der Waals surface area contributed by atoms with E-state index in [1.165, 1.54) is 17.7 Å². The zero-order valence-corrected chi connectivity index (χ0v) is 12.5. The summed E-state index contributed by atoms with van der Waals surface area (Å²) < 4.78 is 0. The number of aromatic nitrogens is 1. The van der Waals surface area contributed by atoms with Crippen molar-refractivity contribution in [2.45, 2.75) is 26.7 Å². The Bertz CT molecular complexity index is 477. The molecule has 0 amide bonds. The first-order valence-electron chi connectivity index (χ1n) is 6.96. The van der Waals surface area contributed by atoms with E-state index < -0.39 is 0 Å². The molecule has 0 unspecified atom stereocenters. The molecule has 1 aromatic heterocycles. The van der Waals surface area contributed by atoms with Gasteiger partial charge in [-0.15, -0.1) is 11.3 Å². The van der Waals surface area contributed by atoms with Gasteiger partial charge in [0.1, 0.15) is 5.01 Å². The molecular weight excluding hydrogens is 252 g/mol. The minimum Gasteiger partial charge on any atom is -0.316 e. The van der Waals surface area contributed by atoms with Crippen LogP contribution in [0.4, 0.5) is 0 Å². The summed E-state index contributed by atoms with van der Waals surface area (Å²) in [4.78, 5) is 4.69. The maximum atomic E-state index is 4.69. The molecule has 0 spiro atoms. The van der Waals surface area contributed by atoms with Crippen LogP contribution >= 0.6 is 11.3 Å². The predicted molar refractivity (Wildman–Crippen MR) is 83.6 cm³/mol. The molecule has 0 saturated carbocycles. The molecule has 1 N–H and O–H groups in total. The molecule has 3 heteroatoms. The summed E-state index contributed by atoms with van der Waals surface area (Å²) in [5.74, 6) is 0.774. The van der Waals surface area contributed by atoms with Crippen LogP contribution in [-0.4, -0.2) is 18.1 Å². The molecule has 0 bridgehead atoms. The Labute approximate surface area is 119 Å². The molecular formula is C16H22N2S. The van der Waals surface area contributed by atoms with Gasteiger partial charge in [-0.05, 0) is 18.9 Å². The van der Waals surface area contributed by atoms with E-state index >= 15 is 0 Å². The zero-order chi connectivity index (χ0) is 13.5. The van der Waals surface area contributed by atoms with Gasteiger partial charge in [0.25, 0.3) is 0 Å². The molecule has 0 radical (unpaired) electrons. The average Bonchev–Trinajstić information content (AvgIpc) is 2.88. The Morgan fingerprint density at radius 3 is 2.68 bits per heavy atom. The fourth-order valence-corrected chi connectivity index (χ4v) is 2.73. The number of thiazole rings is 1. The van der Waals surface area contributed by atoms with E-state index in [1.807, 2.05) is 6.07 Å². The van der Waals surface area contributed by atoms with Crippen LogP contribution in [0.25, 0.3) is 10.6 Å². The largest absolute Gasteiger partial charge is 0.316 e. The first-order chi connectivity index (χ1) is 9.25. The molecule has 0 aliphatic rings. The highest BCUT2D eigenvalue weighted by molar-refractivity contribution is 7.13. The van der Waals surface area contributed by atoms with Gasteiger partial charge < -0.3 is 5.32 Å². The average molecular weight is 274 g/mol. The number of hydrogen-bond donors (Lipinski definition) is 1. The third-order valence-corrected chi connectivity index (χ3v) is 3.97. The van der Waals surface area contributed by atoms with Crippen LogP contribution in [0.5, 0.6) is 0 Å². The fraction of sp³-hybridized carbons (Fsp3) is 0.438. The summed E-state index contributed by atoms with van der Waals surface area (Å²) in [6.07, 6.45) is 2.26. The molecule has 1 heterocycles. The molecule has 19 heavy (non-hydrogen) atoms. The van der Waals surface area contributed by atoms with Crippen molar-refractivity contribution < 1.29 is 0 Å². The monoisotopic (exact) mass is 274 g/mol. The normalized spacial score (nSPS) is 11.1. The molecule has 0 aliphatic heterocycles. The van der Waals surface area contributed by atoms with Crippen molar-refractivity contribution in [3.05, 3.63) is 41.4 Å². The molecule has 2 aromatic rings. The van der Waals surface area contributed by atoms with Gasteiger partial charge in [-0.2, -0.15) is 0 Å². The number of benzene rings is 1. The highest BCUT2D eigenvalue weighted by atomic mass is 32.1. The molecule has 0 atom stereocenters. The Morgan fingerprint density at radius 1 is 1.16 bits per heavy atom. The van der Waals surface area contributed by atoms with Crippen molar-refractivity contribution in [1.82, 2.24) is 10.3 Å². The third kappa shape index (κ3) is 4.77. The Morgan fingerprint density at radius 2 is 1.95 bits per heavy atom. The van der Waals surface area contributed by atoms with Crippen molar-refractivity contribution in [2.24, 2.45) is 5.92 Å². The Balaban J connectivity index is 1.78. The third-order valence-electron chi connectivity index (χ3n) is 3.03. The van der Waals surface area contributed by atoms with Crippen molar-refractivity contribution >= 4 is 11.3 Å². The second kappa shape index (κ2) is 7.41. The van der Waals surface area contributed by atoms with Crippen molar-refractivity contribution in [3.8, 4) is 10.6 Å². The van der Waals surface area contributed by atoms with Crippen molar-refractivity contribution in [3.63, 3.8) is 0 Å². The van der Waals surface area contributed by atoms with Crippen LogP contribution < -0.4 is 5.32 Å². The van der Waals surface area contributed by atoms with Gasteiger partial charge in [0, 0.05) is 23.9 Å². The minimum atomic E-state index is 0.774. The standard InChI is InChI=1S/C16H22N2S/c1-13(2)8-10-17-11-9-15-12-19-16(18-15)14-6-4-3-5-7-14/h3-7,12-13,17H,8-11H2,1-2H3. The summed E-state index contributed by atoms with van der Waals surface area (Å²) in [6, 6.07) is 10.4. The van der Waals surface area contributed by atoms with E-state index in [4.69, 9.17) is 4.98 Å². The van der Waals surface area contributed by atoms with Gasteiger partial charge >= 0.3 is 0 Å². The molecule has 102 valence electrons. The van der Waals surface area contributed by atoms with E-state index in [1.54, 1.807) is 11.3 Å². The smallest absolute Gasteiger partial charge is 0.123 e. The Kier molecular flexibility index (Phi) is 5.55. The summed E-state index contributed by atoms with van der Waals surface area (Å²) in [5.41, 5.74) is 2.41. The Hall–Kier alpha value is -1.19. The highest BCUT2D eigenvalue weighted by Gasteiger charge is 2.03. The highest BCUT2D eigenvalue weighted by Crippen LogP contribution is 2.23. The fourth-order valence-electron chi connectivity index (χ4n) is 1.87. The summed E-state index contributed by atoms with van der Waals surface area (Å²) >= 11 is 1.73. The summed E-state index contributed by atoms with van der Waals surface area (Å²) in [5, 5.41) is 6.77. The summed E-state index contributed by atoms with van der Waals surface area (Å²) in [7, 11) is 0. The van der Waals surface area contributed by atoms with Crippen LogP contribution in [-0.2, 0) is 6.42 Å². The number of nitrogens with zero attached hydrogens (tertiary/aromatic N) is 1. The SMILES string of the molecule is CC(C)CCNCCc1csc(-c2ccccc2)n1. The van der Waals surface area contributed by atoms with Gasteiger partial charge in [0.15, 0.2) is 0 Å². The maximum Gasteiger partial charge on any atom is 0.123 e. The molecule has 2 nitrogen and oxygen atoms in total. The molecule has 1 aromatic carbocycles. The van der Waals surface area contributed by atoms with Crippen molar-refractivity contribution in [2.75, 3.05) is 13.1 Å². The number of nitrogens with one attached hydrogen (secondary N) is 1. The second-order valence-electron chi connectivity index (χ2n) is 5.19. The lowest BCUT2D eigenvalue weighted by Crippen LogP contribution is -2.19. The number of rotatable bonds is 7. The van der Waals surface area contributed by atoms with E-state index in [2.05, 4.69) is 48.8 Å². The molecule has 0 saturated heterocycles. The first-order valence-corrected chi connectivity index (χ1v) is 7.84. The lowest BCUT2D eigenvalue weighted by Gasteiger charge is -2.05. The maximum absolute atomic E-state index is 4.69. The first kappa shape index (κ1) is 14.2. The van der Waals surface area contributed by atoms with Gasteiger partial charge in [-0.3, -0.25) is 0 Å². The summed E-state index contributed by atoms with van der Waals surface area (Å²) in [6.45, 7) is 6.64.